The van der Waals surface area contributed by atoms with Gasteiger partial charge in [-0.2, -0.15) is 5.26 Å². The standard InChI is InChI=1S/C32H36N2O3/c1-19(2)36-28-16-25-26(17-29(28)37-23-10-12-34(13-11-23)22-6-5-7-22)32(3,4)27-15-21-14-20(18-33)8-9-24(21)30(27)31(25)35/h8-9,14,16-17,19,22-23H,5-7,10-13,15H2,1-4H3. The van der Waals surface area contributed by atoms with E-state index in [1.165, 1.54) is 19.3 Å². The number of benzene rings is 2. The van der Waals surface area contributed by atoms with Gasteiger partial charge in [-0.05, 0) is 92.5 Å². The molecule has 37 heavy (non-hydrogen) atoms. The maximum atomic E-state index is 14.0. The summed E-state index contributed by atoms with van der Waals surface area (Å²) in [6, 6.07) is 12.7. The van der Waals surface area contributed by atoms with E-state index in [4.69, 9.17) is 9.47 Å². The van der Waals surface area contributed by atoms with E-state index in [2.05, 4.69) is 30.9 Å². The van der Waals surface area contributed by atoms with Crippen LogP contribution < -0.4 is 9.47 Å². The van der Waals surface area contributed by atoms with Crippen LogP contribution in [-0.4, -0.2) is 42.0 Å². The Morgan fingerprint density at radius 2 is 1.78 bits per heavy atom. The van der Waals surface area contributed by atoms with E-state index >= 15 is 0 Å². The van der Waals surface area contributed by atoms with Crippen LogP contribution in [0.1, 0.15) is 92.4 Å². The van der Waals surface area contributed by atoms with Crippen molar-refractivity contribution in [1.29, 1.82) is 5.26 Å². The van der Waals surface area contributed by atoms with Crippen LogP contribution in [0, 0.1) is 11.3 Å². The molecule has 0 radical (unpaired) electrons. The van der Waals surface area contributed by atoms with E-state index in [0.29, 0.717) is 23.3 Å². The van der Waals surface area contributed by atoms with Gasteiger partial charge in [-0.3, -0.25) is 4.79 Å². The van der Waals surface area contributed by atoms with Crippen LogP contribution in [0.3, 0.4) is 0 Å². The molecule has 1 heterocycles. The van der Waals surface area contributed by atoms with Crippen molar-refractivity contribution >= 4 is 11.4 Å². The van der Waals surface area contributed by atoms with Gasteiger partial charge in [-0.25, -0.2) is 0 Å². The lowest BCUT2D eigenvalue weighted by atomic mass is 9.68. The number of Topliss-reactive ketones (excluding diaryl/α,β-unsaturated/α-hetero) is 1. The Hall–Kier alpha value is -3.10. The van der Waals surface area contributed by atoms with Gasteiger partial charge >= 0.3 is 0 Å². The van der Waals surface area contributed by atoms with Crippen molar-refractivity contribution in [3.8, 4) is 17.6 Å². The first kappa shape index (κ1) is 24.2. The number of carbonyl (C=O) groups excluding carboxylic acids is 1. The second-order valence-corrected chi connectivity index (χ2v) is 11.9. The first-order valence-electron chi connectivity index (χ1n) is 13.8. The van der Waals surface area contributed by atoms with E-state index in [-0.39, 0.29) is 23.4 Å². The number of ketones is 1. The van der Waals surface area contributed by atoms with E-state index in [0.717, 1.165) is 65.6 Å². The number of hydrogen-bond acceptors (Lipinski definition) is 5. The Bertz CT molecular complexity index is 1330. The van der Waals surface area contributed by atoms with Crippen molar-refractivity contribution in [1.82, 2.24) is 4.90 Å². The normalized spacial score (nSPS) is 21.2. The smallest absolute Gasteiger partial charge is 0.194 e. The number of hydrogen-bond donors (Lipinski definition) is 0. The summed E-state index contributed by atoms with van der Waals surface area (Å²) in [5.41, 5.74) is 5.94. The quantitative estimate of drug-likeness (QED) is 0.491. The van der Waals surface area contributed by atoms with Crippen molar-refractivity contribution < 1.29 is 14.3 Å². The Kier molecular flexibility index (Phi) is 5.92. The highest BCUT2D eigenvalue weighted by Crippen LogP contribution is 2.52. The van der Waals surface area contributed by atoms with Gasteiger partial charge in [0.05, 0.1) is 17.7 Å². The molecule has 2 aromatic rings. The second kappa shape index (κ2) is 9.03. The molecule has 6 rings (SSSR count). The minimum atomic E-state index is -0.341. The van der Waals surface area contributed by atoms with Crippen LogP contribution in [-0.2, 0) is 11.8 Å². The predicted octanol–water partition coefficient (Wildman–Crippen LogP) is 6.22. The lowest BCUT2D eigenvalue weighted by molar-refractivity contribution is 0.0473. The molecule has 2 fully saturated rings. The number of allylic oxidation sites excluding steroid dienone is 2. The summed E-state index contributed by atoms with van der Waals surface area (Å²) in [6.07, 6.45) is 6.89. The highest BCUT2D eigenvalue weighted by Gasteiger charge is 2.44. The number of likely N-dealkylation sites (tertiary alicyclic amines) is 1. The monoisotopic (exact) mass is 496 g/mol. The molecule has 192 valence electrons. The zero-order valence-electron chi connectivity index (χ0n) is 22.4. The van der Waals surface area contributed by atoms with E-state index in [1.807, 2.05) is 38.1 Å². The molecule has 0 bridgehead atoms. The third-order valence-electron chi connectivity index (χ3n) is 8.88. The van der Waals surface area contributed by atoms with Crippen molar-refractivity contribution in [2.24, 2.45) is 0 Å². The predicted molar refractivity (Wildman–Crippen MR) is 144 cm³/mol. The molecule has 1 saturated carbocycles. The van der Waals surface area contributed by atoms with E-state index in [1.54, 1.807) is 0 Å². The molecule has 0 unspecified atom stereocenters. The molecule has 5 heteroatoms. The van der Waals surface area contributed by atoms with Crippen molar-refractivity contribution in [3.05, 3.63) is 63.7 Å². The minimum absolute atomic E-state index is 0.0287. The maximum absolute atomic E-state index is 14.0. The molecule has 5 nitrogen and oxygen atoms in total. The largest absolute Gasteiger partial charge is 0.487 e. The molecule has 0 aromatic heterocycles. The molecular formula is C32H36N2O3. The summed E-state index contributed by atoms with van der Waals surface area (Å²) < 4.78 is 12.9. The van der Waals surface area contributed by atoms with Gasteiger partial charge in [-0.1, -0.05) is 26.3 Å². The Morgan fingerprint density at radius 1 is 1.03 bits per heavy atom. The van der Waals surface area contributed by atoms with Crippen molar-refractivity contribution in [2.45, 2.75) is 89.9 Å². The fourth-order valence-electron chi connectivity index (χ4n) is 6.58. The summed E-state index contributed by atoms with van der Waals surface area (Å²) in [6.45, 7) is 10.6. The van der Waals surface area contributed by atoms with Crippen molar-refractivity contribution in [2.75, 3.05) is 13.1 Å². The molecule has 1 aliphatic heterocycles. The fourth-order valence-corrected chi connectivity index (χ4v) is 6.58. The zero-order valence-corrected chi connectivity index (χ0v) is 22.4. The third kappa shape index (κ3) is 4.07. The number of rotatable bonds is 5. The Morgan fingerprint density at radius 3 is 2.43 bits per heavy atom. The van der Waals surface area contributed by atoms with Crippen LogP contribution in [0.4, 0.5) is 0 Å². The average Bonchev–Trinajstić information content (AvgIpc) is 3.23. The average molecular weight is 497 g/mol. The number of nitriles is 1. The van der Waals surface area contributed by atoms with Gasteiger partial charge in [0.15, 0.2) is 17.3 Å². The van der Waals surface area contributed by atoms with Gasteiger partial charge in [0.25, 0.3) is 0 Å². The SMILES string of the molecule is CC(C)Oc1cc2c(cc1OC1CCN(C3CCC3)CC1)C(C)(C)C1=C(C2=O)c2ccc(C#N)cc2C1. The summed E-state index contributed by atoms with van der Waals surface area (Å²) in [7, 11) is 0. The van der Waals surface area contributed by atoms with E-state index in [9.17, 15) is 10.1 Å². The lowest BCUT2D eigenvalue weighted by Crippen LogP contribution is -2.46. The third-order valence-corrected chi connectivity index (χ3v) is 8.88. The van der Waals surface area contributed by atoms with Gasteiger partial charge in [0.1, 0.15) is 6.10 Å². The Labute approximate surface area is 220 Å². The highest BCUT2D eigenvalue weighted by atomic mass is 16.5. The number of piperidine rings is 1. The van der Waals surface area contributed by atoms with Crippen LogP contribution in [0.2, 0.25) is 0 Å². The topological polar surface area (TPSA) is 62.6 Å². The van der Waals surface area contributed by atoms with Gasteiger partial charge in [0, 0.05) is 35.7 Å². The minimum Gasteiger partial charge on any atom is -0.487 e. The molecule has 3 aliphatic carbocycles. The number of fused-ring (bicyclic) bond motifs is 3. The van der Waals surface area contributed by atoms with E-state index < -0.39 is 0 Å². The molecule has 0 amide bonds. The molecule has 0 spiro atoms. The molecule has 4 aliphatic rings. The van der Waals surface area contributed by atoms with Crippen LogP contribution >= 0.6 is 0 Å². The molecule has 0 N–H and O–H groups in total. The summed E-state index contributed by atoms with van der Waals surface area (Å²) >= 11 is 0. The lowest BCUT2D eigenvalue weighted by Gasteiger charge is -2.42. The molecule has 2 aromatic carbocycles. The van der Waals surface area contributed by atoms with Gasteiger partial charge in [0.2, 0.25) is 0 Å². The number of nitrogens with zero attached hydrogens (tertiary/aromatic N) is 2. The van der Waals surface area contributed by atoms with Crippen molar-refractivity contribution in [3.63, 3.8) is 0 Å². The summed E-state index contributed by atoms with van der Waals surface area (Å²) in [4.78, 5) is 16.6. The Balaban J connectivity index is 1.34. The molecule has 1 saturated heterocycles. The fraction of sp³-hybridized carbons (Fsp3) is 0.500. The summed E-state index contributed by atoms with van der Waals surface area (Å²) in [5.74, 6) is 1.45. The maximum Gasteiger partial charge on any atom is 0.194 e. The zero-order chi connectivity index (χ0) is 25.9. The number of ether oxygens (including phenoxy) is 2. The van der Waals surface area contributed by atoms with Gasteiger partial charge < -0.3 is 14.4 Å². The number of carbonyl (C=O) groups is 1. The van der Waals surface area contributed by atoms with Crippen LogP contribution in [0.5, 0.6) is 11.5 Å². The van der Waals surface area contributed by atoms with Crippen LogP contribution in [0.25, 0.3) is 5.57 Å². The highest BCUT2D eigenvalue weighted by molar-refractivity contribution is 6.33. The summed E-state index contributed by atoms with van der Waals surface area (Å²) in [5, 5.41) is 9.39. The van der Waals surface area contributed by atoms with Crippen LogP contribution in [0.15, 0.2) is 35.9 Å². The molecular weight excluding hydrogens is 460 g/mol. The second-order valence-electron chi connectivity index (χ2n) is 11.9. The first-order valence-corrected chi connectivity index (χ1v) is 13.8. The molecule has 0 atom stereocenters. The first-order chi connectivity index (χ1) is 17.8. The van der Waals surface area contributed by atoms with Gasteiger partial charge in [-0.15, -0.1) is 0 Å².